The number of nitrogens with zero attached hydrogens (tertiary/aromatic N) is 1. The van der Waals surface area contributed by atoms with Crippen molar-refractivity contribution in [1.29, 1.82) is 0 Å². The third-order valence-electron chi connectivity index (χ3n) is 2.24. The number of aliphatic hydroxyl groups excluding tert-OH is 2. The Morgan fingerprint density at radius 1 is 1.15 bits per heavy atom. The van der Waals surface area contributed by atoms with E-state index >= 15 is 0 Å². The number of hydrogen-bond donors (Lipinski definition) is 2. The van der Waals surface area contributed by atoms with Crippen molar-refractivity contribution in [2.45, 2.75) is 19.4 Å². The van der Waals surface area contributed by atoms with E-state index in [1.165, 1.54) is 19.4 Å². The van der Waals surface area contributed by atoms with Crippen LogP contribution in [0.4, 0.5) is 0 Å². The molecule has 0 aliphatic heterocycles. The molecule has 0 unspecified atom stereocenters. The summed E-state index contributed by atoms with van der Waals surface area (Å²) in [6.07, 6.45) is 0. The molecule has 5 heteroatoms. The van der Waals surface area contributed by atoms with Gasteiger partial charge in [-0.25, -0.2) is 0 Å². The molecular formula is C8H19NO4. The fourth-order valence-electron chi connectivity index (χ4n) is 1.20. The van der Waals surface area contributed by atoms with E-state index in [4.69, 9.17) is 19.9 Å². The first kappa shape index (κ1) is 12.8. The molecule has 0 radical (unpaired) electrons. The maximum atomic E-state index is 9.00. The molecule has 0 saturated heterocycles. The van der Waals surface area contributed by atoms with Crippen molar-refractivity contribution in [3.05, 3.63) is 0 Å². The second-order valence-electron chi connectivity index (χ2n) is 3.34. The summed E-state index contributed by atoms with van der Waals surface area (Å²) in [5.74, 6) is -0.313. The Hall–Kier alpha value is -0.200. The second-order valence-corrected chi connectivity index (χ2v) is 3.34. The molecule has 0 amide bonds. The van der Waals surface area contributed by atoms with Crippen molar-refractivity contribution in [2.24, 2.45) is 5.92 Å². The highest BCUT2D eigenvalue weighted by molar-refractivity contribution is 4.81. The molecule has 0 aromatic heterocycles. The predicted molar refractivity (Wildman–Crippen MR) is 47.6 cm³/mol. The lowest BCUT2D eigenvalue weighted by molar-refractivity contribution is -0.396. The van der Waals surface area contributed by atoms with Crippen LogP contribution in [0.25, 0.3) is 0 Å². The van der Waals surface area contributed by atoms with Crippen LogP contribution in [-0.4, -0.2) is 48.4 Å². The smallest absolute Gasteiger partial charge is 0.0752 e. The number of rotatable bonds is 6. The van der Waals surface area contributed by atoms with E-state index in [9.17, 15) is 0 Å². The molecule has 0 aromatic rings. The van der Waals surface area contributed by atoms with Gasteiger partial charge in [0, 0.05) is 5.92 Å². The van der Waals surface area contributed by atoms with Crippen LogP contribution in [0.15, 0.2) is 0 Å². The number of hydrogen-bond acceptors (Lipinski definition) is 5. The Morgan fingerprint density at radius 3 is 1.77 bits per heavy atom. The summed E-state index contributed by atoms with van der Waals surface area (Å²) in [4.78, 5) is 9.88. The SMILES string of the molecule is CON(OC)C(C)(C)C(CO)CO. The maximum Gasteiger partial charge on any atom is 0.0752 e. The molecule has 0 aliphatic rings. The summed E-state index contributed by atoms with van der Waals surface area (Å²) in [6.45, 7) is 3.40. The quantitative estimate of drug-likeness (QED) is 0.572. The molecule has 13 heavy (non-hydrogen) atoms. The first-order chi connectivity index (χ1) is 6.04. The van der Waals surface area contributed by atoms with Crippen LogP contribution >= 0.6 is 0 Å². The molecule has 5 nitrogen and oxygen atoms in total. The van der Waals surface area contributed by atoms with Crippen molar-refractivity contribution in [3.63, 3.8) is 0 Å². The van der Waals surface area contributed by atoms with E-state index < -0.39 is 5.54 Å². The molecule has 0 aromatic carbocycles. The van der Waals surface area contributed by atoms with Gasteiger partial charge in [0.05, 0.1) is 33.0 Å². The zero-order valence-electron chi connectivity index (χ0n) is 8.65. The van der Waals surface area contributed by atoms with Crippen molar-refractivity contribution >= 4 is 0 Å². The van der Waals surface area contributed by atoms with E-state index in [1.807, 2.05) is 13.8 Å². The lowest BCUT2D eigenvalue weighted by atomic mass is 9.89. The van der Waals surface area contributed by atoms with Gasteiger partial charge in [-0.2, -0.15) is 0 Å². The van der Waals surface area contributed by atoms with Gasteiger partial charge in [-0.05, 0) is 13.8 Å². The monoisotopic (exact) mass is 193 g/mol. The standard InChI is InChI=1S/C8H19NO4/c1-8(2,7(5-10)6-11)9(12-3)13-4/h7,10-11H,5-6H2,1-4H3. The predicted octanol–water partition coefficient (Wildman–Crippen LogP) is -0.209. The highest BCUT2D eigenvalue weighted by atomic mass is 16.9. The summed E-state index contributed by atoms with van der Waals surface area (Å²) >= 11 is 0. The molecule has 0 rings (SSSR count). The molecule has 0 saturated carbocycles. The van der Waals surface area contributed by atoms with Gasteiger partial charge in [-0.15, -0.1) is 0 Å². The minimum absolute atomic E-state index is 0.118. The first-order valence-corrected chi connectivity index (χ1v) is 4.14. The molecule has 0 heterocycles. The van der Waals surface area contributed by atoms with Crippen LogP contribution in [0, 0.1) is 5.92 Å². The molecular weight excluding hydrogens is 174 g/mol. The summed E-state index contributed by atoms with van der Waals surface area (Å²) in [5.41, 5.74) is -0.576. The Bertz CT molecular complexity index is 118. The average molecular weight is 193 g/mol. The van der Waals surface area contributed by atoms with Crippen LogP contribution in [0.5, 0.6) is 0 Å². The summed E-state index contributed by atoms with van der Waals surface area (Å²) in [5, 5.41) is 19.3. The second kappa shape index (κ2) is 5.51. The van der Waals surface area contributed by atoms with E-state index in [-0.39, 0.29) is 19.1 Å². The zero-order valence-corrected chi connectivity index (χ0v) is 8.65. The fraction of sp³-hybridized carbons (Fsp3) is 1.00. The van der Waals surface area contributed by atoms with Crippen LogP contribution in [0.2, 0.25) is 0 Å². The van der Waals surface area contributed by atoms with Gasteiger partial charge in [0.15, 0.2) is 0 Å². The van der Waals surface area contributed by atoms with Gasteiger partial charge in [0.1, 0.15) is 0 Å². The van der Waals surface area contributed by atoms with E-state index in [1.54, 1.807) is 0 Å². The average Bonchev–Trinajstić information content (AvgIpc) is 2.07. The Labute approximate surface area is 78.8 Å². The Balaban J connectivity index is 4.48. The highest BCUT2D eigenvalue weighted by Crippen LogP contribution is 2.24. The topological polar surface area (TPSA) is 62.2 Å². The minimum Gasteiger partial charge on any atom is -0.396 e. The largest absolute Gasteiger partial charge is 0.396 e. The summed E-state index contributed by atoms with van der Waals surface area (Å²) < 4.78 is 0. The Kier molecular flexibility index (Phi) is 5.43. The normalized spacial score (nSPS) is 12.9. The van der Waals surface area contributed by atoms with Crippen molar-refractivity contribution in [2.75, 3.05) is 27.4 Å². The van der Waals surface area contributed by atoms with Crippen LogP contribution in [-0.2, 0) is 9.68 Å². The molecule has 0 bridgehead atoms. The zero-order chi connectivity index (χ0) is 10.5. The van der Waals surface area contributed by atoms with Crippen molar-refractivity contribution in [1.82, 2.24) is 5.23 Å². The molecule has 0 spiro atoms. The third kappa shape index (κ3) is 2.89. The first-order valence-electron chi connectivity index (χ1n) is 4.14. The van der Waals surface area contributed by atoms with Gasteiger partial charge >= 0.3 is 0 Å². The van der Waals surface area contributed by atoms with Gasteiger partial charge < -0.3 is 10.2 Å². The summed E-state index contributed by atoms with van der Waals surface area (Å²) in [6, 6.07) is 0. The van der Waals surface area contributed by atoms with Gasteiger partial charge in [0.25, 0.3) is 0 Å². The van der Waals surface area contributed by atoms with Gasteiger partial charge in [-0.1, -0.05) is 5.23 Å². The van der Waals surface area contributed by atoms with Crippen molar-refractivity contribution < 1.29 is 19.9 Å². The van der Waals surface area contributed by atoms with Crippen LogP contribution in [0.3, 0.4) is 0 Å². The maximum absolute atomic E-state index is 9.00. The molecule has 0 aliphatic carbocycles. The van der Waals surface area contributed by atoms with E-state index in [2.05, 4.69) is 0 Å². The minimum atomic E-state index is -0.576. The lowest BCUT2D eigenvalue weighted by Gasteiger charge is -2.38. The third-order valence-corrected chi connectivity index (χ3v) is 2.24. The highest BCUT2D eigenvalue weighted by Gasteiger charge is 2.36. The van der Waals surface area contributed by atoms with E-state index in [0.717, 1.165) is 0 Å². The van der Waals surface area contributed by atoms with Gasteiger partial charge in [0.2, 0.25) is 0 Å². The van der Waals surface area contributed by atoms with Gasteiger partial charge in [-0.3, -0.25) is 9.68 Å². The van der Waals surface area contributed by atoms with Crippen LogP contribution < -0.4 is 0 Å². The molecule has 0 atom stereocenters. The molecule has 80 valence electrons. The Morgan fingerprint density at radius 2 is 1.54 bits per heavy atom. The summed E-state index contributed by atoms with van der Waals surface area (Å²) in [7, 11) is 2.94. The molecule has 2 N–H and O–H groups in total. The van der Waals surface area contributed by atoms with E-state index in [0.29, 0.717) is 0 Å². The fourth-order valence-corrected chi connectivity index (χ4v) is 1.20. The van der Waals surface area contributed by atoms with Crippen LogP contribution in [0.1, 0.15) is 13.8 Å². The van der Waals surface area contributed by atoms with Crippen molar-refractivity contribution in [3.8, 4) is 0 Å². The molecule has 0 fully saturated rings. The lowest BCUT2D eigenvalue weighted by Crippen LogP contribution is -2.50. The number of aliphatic hydroxyl groups is 2. The number of hydroxylamine groups is 2.